The van der Waals surface area contributed by atoms with Crippen molar-refractivity contribution >= 4 is 23.2 Å². The number of aromatic nitrogens is 3. The number of hydrogen-bond donors (Lipinski definition) is 1. The van der Waals surface area contributed by atoms with E-state index >= 15 is 0 Å². The summed E-state index contributed by atoms with van der Waals surface area (Å²) in [5.41, 5.74) is 2.80. The Bertz CT molecular complexity index is 847. The van der Waals surface area contributed by atoms with Crippen molar-refractivity contribution in [1.82, 2.24) is 19.7 Å². The average Bonchev–Trinajstić information content (AvgIpc) is 3.18. The molecule has 7 heteroatoms. The number of carbonyl (C=O) groups excluding carboxylic acids is 1. The Labute approximate surface area is 157 Å². The fourth-order valence-corrected chi connectivity index (χ4v) is 2.72. The molecule has 0 saturated heterocycles. The van der Waals surface area contributed by atoms with E-state index in [-0.39, 0.29) is 18.5 Å². The molecule has 1 heterocycles. The number of amides is 1. The molecule has 2 aromatic carbocycles. The van der Waals surface area contributed by atoms with Crippen molar-refractivity contribution < 1.29 is 4.79 Å². The molecule has 1 amide bonds. The maximum atomic E-state index is 12.2. The Balaban J connectivity index is 1.59. The molecule has 0 bridgehead atoms. The predicted octanol–water partition coefficient (Wildman–Crippen LogP) is 3.55. The number of likely N-dealkylation sites (N-methyl/N-ethyl adjacent to an activating group) is 1. The first-order valence-corrected chi connectivity index (χ1v) is 8.61. The van der Waals surface area contributed by atoms with Crippen LogP contribution in [0, 0.1) is 0 Å². The quantitative estimate of drug-likeness (QED) is 0.721. The lowest BCUT2D eigenvalue weighted by Crippen LogP contribution is -2.32. The molecular weight excluding hydrogens is 350 g/mol. The van der Waals surface area contributed by atoms with Gasteiger partial charge in [-0.25, -0.2) is 9.67 Å². The van der Waals surface area contributed by atoms with Gasteiger partial charge in [0.25, 0.3) is 0 Å². The van der Waals surface area contributed by atoms with Crippen LogP contribution in [0.5, 0.6) is 0 Å². The van der Waals surface area contributed by atoms with Gasteiger partial charge in [0.15, 0.2) is 0 Å². The molecule has 0 aliphatic heterocycles. The molecule has 1 N–H and O–H groups in total. The van der Waals surface area contributed by atoms with E-state index in [4.69, 9.17) is 11.6 Å². The molecule has 1 atom stereocenters. The Morgan fingerprint density at radius 2 is 1.88 bits per heavy atom. The normalized spacial score (nSPS) is 12.2. The molecular formula is C19H20ClN5O. The molecule has 0 aliphatic rings. The van der Waals surface area contributed by atoms with E-state index in [0.717, 1.165) is 16.9 Å². The zero-order chi connectivity index (χ0) is 18.5. The van der Waals surface area contributed by atoms with Gasteiger partial charge in [0.2, 0.25) is 5.91 Å². The Morgan fingerprint density at radius 1 is 1.19 bits per heavy atom. The second-order valence-corrected chi connectivity index (χ2v) is 6.51. The van der Waals surface area contributed by atoms with Crippen LogP contribution < -0.4 is 5.32 Å². The van der Waals surface area contributed by atoms with Crippen LogP contribution in [0.15, 0.2) is 61.2 Å². The third-order valence-corrected chi connectivity index (χ3v) is 4.49. The summed E-state index contributed by atoms with van der Waals surface area (Å²) in [6, 6.07) is 15.2. The second-order valence-electron chi connectivity index (χ2n) is 6.08. The van der Waals surface area contributed by atoms with Gasteiger partial charge in [-0.3, -0.25) is 9.69 Å². The Kier molecular flexibility index (Phi) is 5.65. The minimum atomic E-state index is -0.0686. The van der Waals surface area contributed by atoms with Gasteiger partial charge in [-0.1, -0.05) is 23.7 Å². The topological polar surface area (TPSA) is 63.1 Å². The molecule has 3 aromatic rings. The molecule has 3 rings (SSSR count). The van der Waals surface area contributed by atoms with E-state index in [1.807, 2.05) is 36.2 Å². The summed E-state index contributed by atoms with van der Waals surface area (Å²) >= 11 is 5.86. The average molecular weight is 370 g/mol. The van der Waals surface area contributed by atoms with Crippen LogP contribution in [-0.2, 0) is 4.79 Å². The number of hydrogen-bond acceptors (Lipinski definition) is 4. The maximum absolute atomic E-state index is 12.2. The third-order valence-electron chi connectivity index (χ3n) is 4.24. The van der Waals surface area contributed by atoms with Crippen molar-refractivity contribution in [2.45, 2.75) is 13.0 Å². The third kappa shape index (κ3) is 4.47. The number of anilines is 1. The van der Waals surface area contributed by atoms with Crippen LogP contribution in [-0.4, -0.2) is 39.2 Å². The number of carbonyl (C=O) groups is 1. The van der Waals surface area contributed by atoms with Crippen LogP contribution in [0.25, 0.3) is 5.69 Å². The smallest absolute Gasteiger partial charge is 0.238 e. The highest BCUT2D eigenvalue weighted by Gasteiger charge is 2.15. The van der Waals surface area contributed by atoms with Crippen molar-refractivity contribution in [1.29, 1.82) is 0 Å². The van der Waals surface area contributed by atoms with E-state index in [0.29, 0.717) is 5.02 Å². The first-order valence-electron chi connectivity index (χ1n) is 8.23. The lowest BCUT2D eigenvalue weighted by Gasteiger charge is -2.24. The van der Waals surface area contributed by atoms with Crippen LogP contribution in [0.4, 0.5) is 5.69 Å². The Morgan fingerprint density at radius 3 is 2.50 bits per heavy atom. The summed E-state index contributed by atoms with van der Waals surface area (Å²) in [5.74, 6) is -0.0686. The van der Waals surface area contributed by atoms with E-state index in [2.05, 4.69) is 22.3 Å². The van der Waals surface area contributed by atoms with Gasteiger partial charge in [0, 0.05) is 16.8 Å². The number of benzene rings is 2. The highest BCUT2D eigenvalue weighted by Crippen LogP contribution is 2.20. The standard InChI is InChI=1S/C19H20ClN5O/c1-14(15-3-9-18(10-4-15)25-13-21-12-22-25)24(2)11-19(26)23-17-7-5-16(20)6-8-17/h3-10,12-14H,11H2,1-2H3,(H,23,26)/t14-/m0/s1. The van der Waals surface area contributed by atoms with Gasteiger partial charge >= 0.3 is 0 Å². The number of nitrogens with zero attached hydrogens (tertiary/aromatic N) is 4. The van der Waals surface area contributed by atoms with E-state index in [9.17, 15) is 4.79 Å². The van der Waals surface area contributed by atoms with Gasteiger partial charge in [0.05, 0.1) is 12.2 Å². The second kappa shape index (κ2) is 8.12. The highest BCUT2D eigenvalue weighted by molar-refractivity contribution is 6.30. The predicted molar refractivity (Wildman–Crippen MR) is 102 cm³/mol. The first-order chi connectivity index (χ1) is 12.5. The highest BCUT2D eigenvalue weighted by atomic mass is 35.5. The number of rotatable bonds is 6. The van der Waals surface area contributed by atoms with Crippen molar-refractivity contribution in [3.05, 3.63) is 71.8 Å². The van der Waals surface area contributed by atoms with Crippen molar-refractivity contribution in [2.75, 3.05) is 18.9 Å². The SMILES string of the molecule is C[C@@H](c1ccc(-n2cncn2)cc1)N(C)CC(=O)Nc1ccc(Cl)cc1. The van der Waals surface area contributed by atoms with Gasteiger partial charge < -0.3 is 5.32 Å². The summed E-state index contributed by atoms with van der Waals surface area (Å²) in [6.45, 7) is 2.36. The zero-order valence-electron chi connectivity index (χ0n) is 14.6. The Hall–Kier alpha value is -2.70. The molecule has 6 nitrogen and oxygen atoms in total. The molecule has 0 fully saturated rings. The molecule has 0 spiro atoms. The van der Waals surface area contributed by atoms with Crippen LogP contribution in [0.2, 0.25) is 5.02 Å². The van der Waals surface area contributed by atoms with Crippen LogP contribution in [0.3, 0.4) is 0 Å². The van der Waals surface area contributed by atoms with E-state index in [1.54, 1.807) is 35.3 Å². The fourth-order valence-electron chi connectivity index (χ4n) is 2.60. The van der Waals surface area contributed by atoms with Gasteiger partial charge in [-0.2, -0.15) is 5.10 Å². The maximum Gasteiger partial charge on any atom is 0.238 e. The van der Waals surface area contributed by atoms with Crippen LogP contribution >= 0.6 is 11.6 Å². The van der Waals surface area contributed by atoms with E-state index in [1.165, 1.54) is 6.33 Å². The van der Waals surface area contributed by atoms with Crippen LogP contribution in [0.1, 0.15) is 18.5 Å². The summed E-state index contributed by atoms with van der Waals surface area (Å²) in [4.78, 5) is 18.2. The minimum Gasteiger partial charge on any atom is -0.325 e. The monoisotopic (exact) mass is 369 g/mol. The lowest BCUT2D eigenvalue weighted by molar-refractivity contribution is -0.117. The minimum absolute atomic E-state index is 0.0686. The van der Waals surface area contributed by atoms with Crippen molar-refractivity contribution in [2.24, 2.45) is 0 Å². The molecule has 0 radical (unpaired) electrons. The number of nitrogens with one attached hydrogen (secondary N) is 1. The summed E-state index contributed by atoms with van der Waals surface area (Å²) in [5, 5.41) is 7.63. The van der Waals surface area contributed by atoms with Crippen molar-refractivity contribution in [3.8, 4) is 5.69 Å². The molecule has 1 aromatic heterocycles. The first kappa shape index (κ1) is 18.1. The number of halogens is 1. The summed E-state index contributed by atoms with van der Waals surface area (Å²) in [7, 11) is 1.93. The van der Waals surface area contributed by atoms with E-state index < -0.39 is 0 Å². The molecule has 0 saturated carbocycles. The van der Waals surface area contributed by atoms with Gasteiger partial charge in [0.1, 0.15) is 12.7 Å². The molecule has 0 aliphatic carbocycles. The summed E-state index contributed by atoms with van der Waals surface area (Å²) < 4.78 is 1.71. The van der Waals surface area contributed by atoms with Gasteiger partial charge in [-0.05, 0) is 55.9 Å². The summed E-state index contributed by atoms with van der Waals surface area (Å²) in [6.07, 6.45) is 3.16. The van der Waals surface area contributed by atoms with Gasteiger partial charge in [-0.15, -0.1) is 0 Å². The lowest BCUT2D eigenvalue weighted by atomic mass is 10.1. The largest absolute Gasteiger partial charge is 0.325 e. The van der Waals surface area contributed by atoms with Crippen molar-refractivity contribution in [3.63, 3.8) is 0 Å². The molecule has 26 heavy (non-hydrogen) atoms. The fraction of sp³-hybridized carbons (Fsp3) is 0.211. The zero-order valence-corrected chi connectivity index (χ0v) is 15.4. The molecule has 134 valence electrons. The molecule has 0 unspecified atom stereocenters.